The second-order valence-corrected chi connectivity index (χ2v) is 7.23. The first-order valence-electron chi connectivity index (χ1n) is 8.63. The van der Waals surface area contributed by atoms with Gasteiger partial charge in [0.25, 0.3) is 0 Å². The molecule has 2 aliphatic rings. The molecular formula is C19H27NO2. The van der Waals surface area contributed by atoms with Crippen LogP contribution in [0, 0.1) is 23.7 Å². The third kappa shape index (κ3) is 3.29. The number of carbonyl (C=O) groups is 1. The molecule has 1 aromatic rings. The molecule has 22 heavy (non-hydrogen) atoms. The molecule has 0 spiro atoms. The number of carbonyl (C=O) groups excluding carboxylic acids is 1. The molecule has 120 valence electrons. The van der Waals surface area contributed by atoms with Crippen LogP contribution in [0.4, 0.5) is 0 Å². The summed E-state index contributed by atoms with van der Waals surface area (Å²) in [5, 5.41) is 3.12. The molecule has 0 aromatic heterocycles. The smallest absolute Gasteiger partial charge is 0.223 e. The van der Waals surface area contributed by atoms with Crippen LogP contribution in [0.1, 0.15) is 45.1 Å². The molecule has 0 heterocycles. The standard InChI is InChI=1S/C19H27NO2/c1-13(2)12-22-18-9-4-3-6-15(18)11-20-19(21)17-10-14-7-5-8-16(14)17/h3-4,6,9,13-14,16-17H,5,7-8,10-12H2,1-2H3,(H,20,21). The van der Waals surface area contributed by atoms with Gasteiger partial charge < -0.3 is 10.1 Å². The van der Waals surface area contributed by atoms with E-state index < -0.39 is 0 Å². The number of rotatable bonds is 6. The van der Waals surface area contributed by atoms with Gasteiger partial charge in [0.05, 0.1) is 6.61 Å². The summed E-state index contributed by atoms with van der Waals surface area (Å²) in [7, 11) is 0. The Morgan fingerprint density at radius 3 is 2.91 bits per heavy atom. The van der Waals surface area contributed by atoms with Crippen LogP contribution in [0.15, 0.2) is 24.3 Å². The zero-order valence-corrected chi connectivity index (χ0v) is 13.7. The predicted octanol–water partition coefficient (Wildman–Crippen LogP) is 3.77. The number of hydrogen-bond donors (Lipinski definition) is 1. The topological polar surface area (TPSA) is 38.3 Å². The van der Waals surface area contributed by atoms with E-state index >= 15 is 0 Å². The van der Waals surface area contributed by atoms with Crippen LogP contribution >= 0.6 is 0 Å². The van der Waals surface area contributed by atoms with Crippen molar-refractivity contribution < 1.29 is 9.53 Å². The minimum atomic E-state index is 0.238. The van der Waals surface area contributed by atoms with Gasteiger partial charge in [-0.25, -0.2) is 0 Å². The van der Waals surface area contributed by atoms with Gasteiger partial charge in [0.1, 0.15) is 5.75 Å². The SMILES string of the molecule is CC(C)COc1ccccc1CNC(=O)C1CC2CCCC21. The van der Waals surface area contributed by atoms with Gasteiger partial charge >= 0.3 is 0 Å². The van der Waals surface area contributed by atoms with Crippen molar-refractivity contribution in [3.8, 4) is 5.75 Å². The Balaban J connectivity index is 1.53. The largest absolute Gasteiger partial charge is 0.493 e. The lowest BCUT2D eigenvalue weighted by molar-refractivity contribution is -0.132. The lowest BCUT2D eigenvalue weighted by Gasteiger charge is -2.39. The maximum Gasteiger partial charge on any atom is 0.223 e. The minimum absolute atomic E-state index is 0.238. The maximum atomic E-state index is 12.4. The van der Waals surface area contributed by atoms with Crippen LogP contribution in [0.2, 0.25) is 0 Å². The summed E-state index contributed by atoms with van der Waals surface area (Å²) in [6.07, 6.45) is 4.99. The Hall–Kier alpha value is -1.51. The van der Waals surface area contributed by atoms with Crippen molar-refractivity contribution in [3.63, 3.8) is 0 Å². The van der Waals surface area contributed by atoms with Crippen molar-refractivity contribution in [2.45, 2.75) is 46.1 Å². The van der Waals surface area contributed by atoms with Gasteiger partial charge in [-0.2, -0.15) is 0 Å². The molecular weight excluding hydrogens is 274 g/mol. The van der Waals surface area contributed by atoms with Gasteiger partial charge in [0, 0.05) is 18.0 Å². The van der Waals surface area contributed by atoms with E-state index in [2.05, 4.69) is 19.2 Å². The van der Waals surface area contributed by atoms with E-state index in [0.29, 0.717) is 25.0 Å². The van der Waals surface area contributed by atoms with E-state index in [1.807, 2.05) is 24.3 Å². The molecule has 2 aliphatic carbocycles. The van der Waals surface area contributed by atoms with E-state index in [-0.39, 0.29) is 11.8 Å². The molecule has 2 saturated carbocycles. The first-order valence-corrected chi connectivity index (χ1v) is 8.63. The first kappa shape index (κ1) is 15.4. The Morgan fingerprint density at radius 1 is 1.32 bits per heavy atom. The number of nitrogens with one attached hydrogen (secondary N) is 1. The molecule has 3 rings (SSSR count). The molecule has 0 aliphatic heterocycles. The molecule has 1 N–H and O–H groups in total. The van der Waals surface area contributed by atoms with E-state index in [1.165, 1.54) is 19.3 Å². The average molecular weight is 301 g/mol. The van der Waals surface area contributed by atoms with E-state index in [1.54, 1.807) is 0 Å². The van der Waals surface area contributed by atoms with Gasteiger partial charge in [-0.1, -0.05) is 44.9 Å². The van der Waals surface area contributed by atoms with Crippen molar-refractivity contribution in [1.82, 2.24) is 5.32 Å². The quantitative estimate of drug-likeness (QED) is 0.868. The zero-order chi connectivity index (χ0) is 15.5. The molecule has 3 heteroatoms. The Bertz CT molecular complexity index is 526. The fourth-order valence-corrected chi connectivity index (χ4v) is 3.86. The number of hydrogen-bond acceptors (Lipinski definition) is 2. The minimum Gasteiger partial charge on any atom is -0.493 e. The van der Waals surface area contributed by atoms with Gasteiger partial charge in [-0.15, -0.1) is 0 Å². The van der Waals surface area contributed by atoms with E-state index in [4.69, 9.17) is 4.74 Å². The lowest BCUT2D eigenvalue weighted by Crippen LogP contribution is -2.44. The molecule has 0 saturated heterocycles. The van der Waals surface area contributed by atoms with Crippen LogP contribution < -0.4 is 10.1 Å². The number of fused-ring (bicyclic) bond motifs is 1. The third-order valence-corrected chi connectivity index (χ3v) is 5.13. The van der Waals surface area contributed by atoms with E-state index in [0.717, 1.165) is 23.7 Å². The highest BCUT2D eigenvalue weighted by Gasteiger charge is 2.46. The number of ether oxygens (including phenoxy) is 1. The Kier molecular flexibility index (Phi) is 4.70. The molecule has 3 unspecified atom stereocenters. The fourth-order valence-electron chi connectivity index (χ4n) is 3.86. The molecule has 3 nitrogen and oxygen atoms in total. The summed E-state index contributed by atoms with van der Waals surface area (Å²) in [6, 6.07) is 8.01. The van der Waals surface area contributed by atoms with Crippen molar-refractivity contribution in [2.24, 2.45) is 23.7 Å². The number of amides is 1. The van der Waals surface area contributed by atoms with Gasteiger partial charge in [-0.05, 0) is 36.7 Å². The van der Waals surface area contributed by atoms with Crippen molar-refractivity contribution in [1.29, 1.82) is 0 Å². The van der Waals surface area contributed by atoms with Gasteiger partial charge in [-0.3, -0.25) is 4.79 Å². The van der Waals surface area contributed by atoms with Crippen LogP contribution in [-0.4, -0.2) is 12.5 Å². The van der Waals surface area contributed by atoms with Crippen molar-refractivity contribution >= 4 is 5.91 Å². The molecule has 1 amide bonds. The number of benzene rings is 1. The van der Waals surface area contributed by atoms with Crippen molar-refractivity contribution in [2.75, 3.05) is 6.61 Å². The summed E-state index contributed by atoms with van der Waals surface area (Å²) in [4.78, 5) is 12.4. The summed E-state index contributed by atoms with van der Waals surface area (Å²) < 4.78 is 5.85. The summed E-state index contributed by atoms with van der Waals surface area (Å²) >= 11 is 0. The zero-order valence-electron chi connectivity index (χ0n) is 13.7. The molecule has 0 radical (unpaired) electrons. The molecule has 2 fully saturated rings. The maximum absolute atomic E-state index is 12.4. The molecule has 1 aromatic carbocycles. The molecule has 0 bridgehead atoms. The predicted molar refractivity (Wildman–Crippen MR) is 87.6 cm³/mol. The monoisotopic (exact) mass is 301 g/mol. The van der Waals surface area contributed by atoms with Crippen LogP contribution in [0.25, 0.3) is 0 Å². The Labute approximate surface area is 133 Å². The second-order valence-electron chi connectivity index (χ2n) is 7.23. The van der Waals surface area contributed by atoms with Crippen LogP contribution in [-0.2, 0) is 11.3 Å². The molecule has 3 atom stereocenters. The summed E-state index contributed by atoms with van der Waals surface area (Å²) in [6.45, 7) is 5.55. The van der Waals surface area contributed by atoms with Crippen LogP contribution in [0.3, 0.4) is 0 Å². The summed E-state index contributed by atoms with van der Waals surface area (Å²) in [5.41, 5.74) is 1.07. The highest BCUT2D eigenvalue weighted by atomic mass is 16.5. The number of para-hydroxylation sites is 1. The third-order valence-electron chi connectivity index (χ3n) is 5.13. The second kappa shape index (κ2) is 6.72. The van der Waals surface area contributed by atoms with E-state index in [9.17, 15) is 4.79 Å². The lowest BCUT2D eigenvalue weighted by atomic mass is 9.66. The van der Waals surface area contributed by atoms with Gasteiger partial charge in [0.15, 0.2) is 0 Å². The fraction of sp³-hybridized carbons (Fsp3) is 0.632. The highest BCUT2D eigenvalue weighted by molar-refractivity contribution is 5.80. The Morgan fingerprint density at radius 2 is 2.14 bits per heavy atom. The van der Waals surface area contributed by atoms with Crippen LogP contribution in [0.5, 0.6) is 5.75 Å². The summed E-state index contributed by atoms with van der Waals surface area (Å²) in [5.74, 6) is 3.38. The van der Waals surface area contributed by atoms with Gasteiger partial charge in [0.2, 0.25) is 5.91 Å². The van der Waals surface area contributed by atoms with Crippen molar-refractivity contribution in [3.05, 3.63) is 29.8 Å². The highest BCUT2D eigenvalue weighted by Crippen LogP contribution is 2.51. The average Bonchev–Trinajstić information content (AvgIpc) is 2.84. The normalized spacial score (nSPS) is 26.4. The first-order chi connectivity index (χ1) is 10.6.